The Morgan fingerprint density at radius 1 is 1.35 bits per heavy atom. The first-order chi connectivity index (χ1) is 9.54. The lowest BCUT2D eigenvalue weighted by Crippen LogP contribution is -2.33. The van der Waals surface area contributed by atoms with Crippen molar-refractivity contribution in [1.29, 1.82) is 0 Å². The summed E-state index contributed by atoms with van der Waals surface area (Å²) in [7, 11) is 0. The van der Waals surface area contributed by atoms with Crippen LogP contribution in [0.1, 0.15) is 31.2 Å². The molecular weight excluding hydrogens is 322 g/mol. The molecule has 1 aliphatic rings. The number of aromatic hydroxyl groups is 1. The van der Waals surface area contributed by atoms with Crippen molar-refractivity contribution < 1.29 is 15.0 Å². The van der Waals surface area contributed by atoms with Crippen molar-refractivity contribution in [1.82, 2.24) is 4.90 Å². The Labute approximate surface area is 127 Å². The summed E-state index contributed by atoms with van der Waals surface area (Å²) >= 11 is 3.42. The van der Waals surface area contributed by atoms with Crippen molar-refractivity contribution in [3.63, 3.8) is 0 Å². The third-order valence-corrected chi connectivity index (χ3v) is 4.40. The van der Waals surface area contributed by atoms with Crippen molar-refractivity contribution in [3.05, 3.63) is 28.2 Å². The van der Waals surface area contributed by atoms with Gasteiger partial charge in [-0.1, -0.05) is 15.9 Å². The zero-order chi connectivity index (χ0) is 14.5. The monoisotopic (exact) mass is 341 g/mol. The molecule has 4 nitrogen and oxygen atoms in total. The van der Waals surface area contributed by atoms with Crippen molar-refractivity contribution in [2.75, 3.05) is 13.1 Å². The number of aliphatic carboxylic acids is 1. The maximum absolute atomic E-state index is 10.6. The molecule has 1 aromatic rings. The third-order valence-electron chi connectivity index (χ3n) is 3.91. The van der Waals surface area contributed by atoms with Gasteiger partial charge in [0.15, 0.2) is 0 Å². The first-order valence-corrected chi connectivity index (χ1v) is 7.75. The smallest absolute Gasteiger partial charge is 0.303 e. The molecule has 0 saturated carbocycles. The first-order valence-electron chi connectivity index (χ1n) is 6.96. The summed E-state index contributed by atoms with van der Waals surface area (Å²) < 4.78 is 0.974. The molecule has 1 fully saturated rings. The van der Waals surface area contributed by atoms with Gasteiger partial charge in [-0.15, -0.1) is 0 Å². The molecule has 2 N–H and O–H groups in total. The number of piperidine rings is 1. The topological polar surface area (TPSA) is 60.8 Å². The number of hydrogen-bond donors (Lipinski definition) is 2. The molecule has 0 amide bonds. The van der Waals surface area contributed by atoms with E-state index in [1.54, 1.807) is 6.07 Å². The van der Waals surface area contributed by atoms with Gasteiger partial charge in [0.1, 0.15) is 5.75 Å². The minimum atomic E-state index is -0.702. The third kappa shape index (κ3) is 4.49. The van der Waals surface area contributed by atoms with Crippen molar-refractivity contribution >= 4 is 21.9 Å². The van der Waals surface area contributed by atoms with E-state index < -0.39 is 5.97 Å². The predicted octanol–water partition coefficient (Wildman–Crippen LogP) is 3.23. The van der Waals surface area contributed by atoms with Crippen LogP contribution in [-0.2, 0) is 11.3 Å². The number of hydrogen-bond acceptors (Lipinski definition) is 3. The molecule has 110 valence electrons. The molecule has 1 aromatic carbocycles. The number of nitrogens with zero attached hydrogens (tertiary/aromatic N) is 1. The number of carboxylic acid groups (broad SMARTS) is 1. The molecule has 0 spiro atoms. The molecule has 2 rings (SSSR count). The zero-order valence-electron chi connectivity index (χ0n) is 11.4. The lowest BCUT2D eigenvalue weighted by molar-refractivity contribution is -0.137. The summed E-state index contributed by atoms with van der Waals surface area (Å²) in [6, 6.07) is 5.49. The Hall–Kier alpha value is -1.07. The van der Waals surface area contributed by atoms with E-state index in [9.17, 15) is 9.90 Å². The first kappa shape index (κ1) is 15.3. The Kier molecular flexibility index (Phi) is 5.43. The Balaban J connectivity index is 1.82. The van der Waals surface area contributed by atoms with Gasteiger partial charge in [-0.05, 0) is 56.5 Å². The number of likely N-dealkylation sites (tertiary alicyclic amines) is 1. The summed E-state index contributed by atoms with van der Waals surface area (Å²) in [5, 5.41) is 18.6. The largest absolute Gasteiger partial charge is 0.508 e. The second kappa shape index (κ2) is 7.09. The van der Waals surface area contributed by atoms with Crippen LogP contribution in [0.15, 0.2) is 22.7 Å². The van der Waals surface area contributed by atoms with E-state index in [4.69, 9.17) is 5.11 Å². The highest BCUT2D eigenvalue weighted by atomic mass is 79.9. The number of rotatable bonds is 5. The summed E-state index contributed by atoms with van der Waals surface area (Å²) in [6.45, 7) is 2.68. The van der Waals surface area contributed by atoms with Gasteiger partial charge in [0.05, 0.1) is 0 Å². The van der Waals surface area contributed by atoms with E-state index >= 15 is 0 Å². The van der Waals surface area contributed by atoms with Crippen LogP contribution in [0.2, 0.25) is 0 Å². The predicted molar refractivity (Wildman–Crippen MR) is 80.7 cm³/mol. The molecule has 1 saturated heterocycles. The van der Waals surface area contributed by atoms with E-state index in [-0.39, 0.29) is 6.42 Å². The van der Waals surface area contributed by atoms with Gasteiger partial charge in [0, 0.05) is 23.0 Å². The molecule has 20 heavy (non-hydrogen) atoms. The molecule has 0 bridgehead atoms. The Morgan fingerprint density at radius 3 is 2.70 bits per heavy atom. The molecule has 0 unspecified atom stereocenters. The number of carboxylic acids is 1. The standard InChI is InChI=1S/C15H20BrNO3/c16-13-2-3-14(18)12(9-13)10-17-7-5-11(6-8-17)1-4-15(19)20/h2-3,9,11,18H,1,4-8,10H2,(H,19,20). The average Bonchev–Trinajstić information content (AvgIpc) is 2.42. The lowest BCUT2D eigenvalue weighted by atomic mass is 9.92. The number of carbonyl (C=O) groups is 1. The van der Waals surface area contributed by atoms with Gasteiger partial charge in [0.25, 0.3) is 0 Å². The normalized spacial score (nSPS) is 17.2. The van der Waals surface area contributed by atoms with Gasteiger partial charge in [-0.25, -0.2) is 0 Å². The van der Waals surface area contributed by atoms with Crippen molar-refractivity contribution in [2.45, 2.75) is 32.2 Å². The van der Waals surface area contributed by atoms with Crippen molar-refractivity contribution in [2.24, 2.45) is 5.92 Å². The van der Waals surface area contributed by atoms with Crippen molar-refractivity contribution in [3.8, 4) is 5.75 Å². The SMILES string of the molecule is O=C(O)CCC1CCN(Cc2cc(Br)ccc2O)CC1. The van der Waals surface area contributed by atoms with Crippen LogP contribution in [0.25, 0.3) is 0 Å². The molecule has 0 radical (unpaired) electrons. The van der Waals surface area contributed by atoms with Crippen LogP contribution in [0, 0.1) is 5.92 Å². The van der Waals surface area contributed by atoms with Crippen LogP contribution in [0.3, 0.4) is 0 Å². The molecular formula is C15H20BrNO3. The molecule has 0 atom stereocenters. The number of phenolic OH excluding ortho intramolecular Hbond substituents is 1. The summed E-state index contributed by atoms with van der Waals surface area (Å²) in [5.41, 5.74) is 0.934. The average molecular weight is 342 g/mol. The number of halogens is 1. The Morgan fingerprint density at radius 2 is 2.05 bits per heavy atom. The zero-order valence-corrected chi connectivity index (χ0v) is 13.0. The van der Waals surface area contributed by atoms with E-state index in [2.05, 4.69) is 20.8 Å². The van der Waals surface area contributed by atoms with Gasteiger partial charge >= 0.3 is 5.97 Å². The fourth-order valence-electron chi connectivity index (χ4n) is 2.68. The van der Waals surface area contributed by atoms with E-state index in [1.165, 1.54) is 0 Å². The highest BCUT2D eigenvalue weighted by Gasteiger charge is 2.20. The quantitative estimate of drug-likeness (QED) is 0.863. The van der Waals surface area contributed by atoms with Crippen LogP contribution >= 0.6 is 15.9 Å². The molecule has 1 heterocycles. The van der Waals surface area contributed by atoms with Crippen LogP contribution in [0.5, 0.6) is 5.75 Å². The maximum atomic E-state index is 10.6. The van der Waals surface area contributed by atoms with Gasteiger partial charge < -0.3 is 10.2 Å². The highest BCUT2D eigenvalue weighted by Crippen LogP contribution is 2.27. The summed E-state index contributed by atoms with van der Waals surface area (Å²) in [4.78, 5) is 12.9. The Bertz CT molecular complexity index is 470. The van der Waals surface area contributed by atoms with E-state index in [0.717, 1.165) is 48.9 Å². The van der Waals surface area contributed by atoms with Crippen LogP contribution < -0.4 is 0 Å². The number of benzene rings is 1. The minimum absolute atomic E-state index is 0.275. The van der Waals surface area contributed by atoms with Crippen LogP contribution in [0.4, 0.5) is 0 Å². The maximum Gasteiger partial charge on any atom is 0.303 e. The van der Waals surface area contributed by atoms with Crippen LogP contribution in [-0.4, -0.2) is 34.2 Å². The van der Waals surface area contributed by atoms with Gasteiger partial charge in [-0.2, -0.15) is 0 Å². The summed E-state index contributed by atoms with van der Waals surface area (Å²) in [6.07, 6.45) is 3.15. The molecule has 5 heteroatoms. The number of phenols is 1. The second-order valence-corrected chi connectivity index (χ2v) is 6.34. The van der Waals surface area contributed by atoms with E-state index in [1.807, 2.05) is 12.1 Å². The lowest BCUT2D eigenvalue weighted by Gasteiger charge is -2.32. The van der Waals surface area contributed by atoms with E-state index in [0.29, 0.717) is 11.7 Å². The molecule has 1 aliphatic heterocycles. The summed E-state index contributed by atoms with van der Waals surface area (Å²) in [5.74, 6) is 0.158. The fourth-order valence-corrected chi connectivity index (χ4v) is 3.09. The second-order valence-electron chi connectivity index (χ2n) is 5.42. The van der Waals surface area contributed by atoms with Gasteiger partial charge in [0.2, 0.25) is 0 Å². The van der Waals surface area contributed by atoms with Gasteiger partial charge in [-0.3, -0.25) is 9.69 Å². The molecule has 0 aliphatic carbocycles. The highest BCUT2D eigenvalue weighted by molar-refractivity contribution is 9.10. The minimum Gasteiger partial charge on any atom is -0.508 e. The molecule has 0 aromatic heterocycles. The fraction of sp³-hybridized carbons (Fsp3) is 0.533.